The Morgan fingerprint density at radius 3 is 1.37 bits per heavy atom. The maximum absolute atomic E-state index is 12.4. The van der Waals surface area contributed by atoms with Crippen molar-refractivity contribution in [1.82, 2.24) is 0 Å². The van der Waals surface area contributed by atoms with E-state index in [0.717, 1.165) is 37.9 Å². The van der Waals surface area contributed by atoms with Crippen LogP contribution in [0.4, 0.5) is 11.4 Å². The fourth-order valence-electron chi connectivity index (χ4n) is 3.89. The van der Waals surface area contributed by atoms with E-state index in [1.165, 1.54) is 0 Å². The summed E-state index contributed by atoms with van der Waals surface area (Å²) >= 11 is 9.58. The van der Waals surface area contributed by atoms with E-state index in [4.69, 9.17) is 11.6 Å². The van der Waals surface area contributed by atoms with Crippen molar-refractivity contribution in [3.8, 4) is 0 Å². The Kier molecular flexibility index (Phi) is 11.6. The summed E-state index contributed by atoms with van der Waals surface area (Å²) in [6.45, 7) is 11.4. The van der Waals surface area contributed by atoms with Crippen LogP contribution in [0.15, 0.2) is 87.1 Å². The van der Waals surface area contributed by atoms with Crippen LogP contribution in [-0.2, 0) is 20.0 Å². The minimum atomic E-state index is -3.62. The smallest absolute Gasteiger partial charge is 0.261 e. The number of sulfonamides is 2. The number of anilines is 2. The van der Waals surface area contributed by atoms with Crippen LogP contribution in [0.5, 0.6) is 0 Å². The van der Waals surface area contributed by atoms with Gasteiger partial charge in [-0.25, -0.2) is 16.8 Å². The van der Waals surface area contributed by atoms with E-state index >= 15 is 0 Å². The Morgan fingerprint density at radius 1 is 0.561 bits per heavy atom. The monoisotopic (exact) mass is 678 g/mol. The van der Waals surface area contributed by atoms with E-state index in [0.29, 0.717) is 16.4 Å². The molecule has 220 valence electrons. The van der Waals surface area contributed by atoms with Crippen molar-refractivity contribution < 1.29 is 16.8 Å². The number of halogens is 2. The number of rotatable bonds is 6. The third kappa shape index (κ3) is 9.07. The van der Waals surface area contributed by atoms with Crippen LogP contribution >= 0.6 is 27.5 Å². The molecule has 4 aromatic rings. The van der Waals surface area contributed by atoms with Crippen LogP contribution in [0.3, 0.4) is 0 Å². The van der Waals surface area contributed by atoms with Gasteiger partial charge in [0.15, 0.2) is 0 Å². The second kappa shape index (κ2) is 13.9. The minimum Gasteiger partial charge on any atom is -0.278 e. The molecule has 0 aliphatic heterocycles. The van der Waals surface area contributed by atoms with Crippen LogP contribution in [0.25, 0.3) is 0 Å². The molecule has 0 unspecified atom stereocenters. The maximum Gasteiger partial charge on any atom is 0.261 e. The molecular weight excluding hydrogens is 644 g/mol. The van der Waals surface area contributed by atoms with Gasteiger partial charge >= 0.3 is 0 Å². The summed E-state index contributed by atoms with van der Waals surface area (Å²) in [5, 5.41) is 0.422. The summed E-state index contributed by atoms with van der Waals surface area (Å²) in [5.41, 5.74) is 6.79. The summed E-state index contributed by atoms with van der Waals surface area (Å²) in [4.78, 5) is 0.479. The molecule has 10 heteroatoms. The summed E-state index contributed by atoms with van der Waals surface area (Å²) in [6, 6.07) is 20.9. The second-order valence-corrected chi connectivity index (χ2v) is 14.3. The highest BCUT2D eigenvalue weighted by molar-refractivity contribution is 9.10. The Balaban J connectivity index is 0.000000280. The molecule has 0 amide bonds. The molecule has 0 aromatic heterocycles. The molecule has 41 heavy (non-hydrogen) atoms. The minimum absolute atomic E-state index is 0. The van der Waals surface area contributed by atoms with E-state index in [2.05, 4.69) is 25.4 Å². The summed E-state index contributed by atoms with van der Waals surface area (Å²) in [7, 11) is -7.19. The zero-order valence-corrected chi connectivity index (χ0v) is 27.1. The van der Waals surface area contributed by atoms with E-state index in [-0.39, 0.29) is 17.2 Å². The molecule has 0 fully saturated rings. The van der Waals surface area contributed by atoms with Crippen molar-refractivity contribution in [2.45, 2.75) is 58.8 Å². The average Bonchev–Trinajstić information content (AvgIpc) is 2.86. The van der Waals surface area contributed by atoms with E-state index < -0.39 is 20.0 Å². The van der Waals surface area contributed by atoms with Gasteiger partial charge in [-0.15, -0.1) is 0 Å². The topological polar surface area (TPSA) is 92.3 Å². The van der Waals surface area contributed by atoms with Gasteiger partial charge in [0.2, 0.25) is 0 Å². The molecule has 0 spiro atoms. The first-order chi connectivity index (χ1) is 18.6. The number of hydrogen-bond donors (Lipinski definition) is 2. The maximum atomic E-state index is 12.4. The largest absolute Gasteiger partial charge is 0.278 e. The zero-order chi connectivity index (χ0) is 29.8. The van der Waals surface area contributed by atoms with Crippen molar-refractivity contribution in [3.63, 3.8) is 0 Å². The molecule has 2 N–H and O–H groups in total. The van der Waals surface area contributed by atoms with Crippen LogP contribution in [-0.4, -0.2) is 16.8 Å². The molecule has 0 aliphatic rings. The van der Waals surface area contributed by atoms with Gasteiger partial charge in [-0.2, -0.15) is 0 Å². The van der Waals surface area contributed by atoms with Crippen LogP contribution in [0, 0.1) is 41.5 Å². The van der Waals surface area contributed by atoms with Crippen molar-refractivity contribution in [2.75, 3.05) is 9.44 Å². The number of nitrogens with one attached hydrogen (secondary N) is 2. The molecule has 0 heterocycles. The van der Waals surface area contributed by atoms with Gasteiger partial charge in [-0.3, -0.25) is 9.44 Å². The van der Waals surface area contributed by atoms with E-state index in [1.54, 1.807) is 54.6 Å². The highest BCUT2D eigenvalue weighted by Gasteiger charge is 2.17. The molecule has 0 radical (unpaired) electrons. The molecule has 0 saturated heterocycles. The Morgan fingerprint density at radius 2 is 0.927 bits per heavy atom. The van der Waals surface area contributed by atoms with E-state index in [1.807, 2.05) is 59.7 Å². The van der Waals surface area contributed by atoms with Crippen molar-refractivity contribution >= 4 is 59.0 Å². The summed E-state index contributed by atoms with van der Waals surface area (Å²) < 4.78 is 55.3. The molecular formula is C31H36BrClN2O4S2. The fourth-order valence-corrected chi connectivity index (χ4v) is 6.69. The van der Waals surface area contributed by atoms with Crippen molar-refractivity contribution in [1.29, 1.82) is 0 Å². The number of hydrogen-bond acceptors (Lipinski definition) is 4. The SMILES string of the molecule is C.Cc1ccc(S(=O)(=O)Nc2cc(C)cc(C)c2Br)cc1.Cc1ccc(S(=O)(=O)Nc2cc(C)cc(C)c2Cl)cc1. The van der Waals surface area contributed by atoms with Gasteiger partial charge < -0.3 is 0 Å². The van der Waals surface area contributed by atoms with Gasteiger partial charge in [0, 0.05) is 4.47 Å². The predicted molar refractivity (Wildman–Crippen MR) is 175 cm³/mol. The molecule has 0 saturated carbocycles. The first-order valence-corrected chi connectivity index (χ1v) is 16.5. The lowest BCUT2D eigenvalue weighted by molar-refractivity contribution is 0.599. The quantitative estimate of drug-likeness (QED) is 0.213. The number of aryl methyl sites for hydroxylation is 6. The number of benzene rings is 4. The van der Waals surface area contributed by atoms with Crippen molar-refractivity contribution in [2.24, 2.45) is 0 Å². The highest BCUT2D eigenvalue weighted by atomic mass is 79.9. The lowest BCUT2D eigenvalue weighted by Crippen LogP contribution is -2.13. The standard InChI is InChI=1S/C15H16BrNO2S.C15H16ClNO2S.CH4/c2*1-10-4-6-13(7-5-10)20(18,19)17-14-9-11(2)8-12(3)15(14)16;/h2*4-9,17H,1-3H3;1H4. The molecule has 4 rings (SSSR count). The summed E-state index contributed by atoms with van der Waals surface area (Å²) in [5.74, 6) is 0. The zero-order valence-electron chi connectivity index (χ0n) is 23.1. The molecule has 4 aromatic carbocycles. The predicted octanol–water partition coefficient (Wildman–Crippen LogP) is 8.88. The Bertz CT molecular complexity index is 1610. The average molecular weight is 680 g/mol. The van der Waals surface area contributed by atoms with Crippen LogP contribution < -0.4 is 9.44 Å². The Labute approximate surface area is 258 Å². The van der Waals surface area contributed by atoms with Gasteiger partial charge in [0.1, 0.15) is 0 Å². The van der Waals surface area contributed by atoms with Gasteiger partial charge in [-0.05, 0) is 116 Å². The molecule has 6 nitrogen and oxygen atoms in total. The lowest BCUT2D eigenvalue weighted by Gasteiger charge is -2.12. The highest BCUT2D eigenvalue weighted by Crippen LogP contribution is 2.30. The van der Waals surface area contributed by atoms with Crippen LogP contribution in [0.2, 0.25) is 5.02 Å². The van der Waals surface area contributed by atoms with Gasteiger partial charge in [0.25, 0.3) is 20.0 Å². The lowest BCUT2D eigenvalue weighted by atomic mass is 10.1. The molecule has 0 aliphatic carbocycles. The first kappa shape index (κ1) is 34.4. The van der Waals surface area contributed by atoms with Crippen molar-refractivity contribution in [3.05, 3.63) is 116 Å². The van der Waals surface area contributed by atoms with Gasteiger partial charge in [-0.1, -0.05) is 66.6 Å². The van der Waals surface area contributed by atoms with E-state index in [9.17, 15) is 16.8 Å². The van der Waals surface area contributed by atoms with Gasteiger partial charge in [0.05, 0.1) is 26.2 Å². The summed E-state index contributed by atoms with van der Waals surface area (Å²) in [6.07, 6.45) is 0. The fraction of sp³-hybridized carbons (Fsp3) is 0.226. The third-order valence-electron chi connectivity index (χ3n) is 5.95. The molecule has 0 atom stereocenters. The normalized spacial score (nSPS) is 11.1. The first-order valence-electron chi connectivity index (χ1n) is 12.3. The molecule has 0 bridgehead atoms. The third-order valence-corrected chi connectivity index (χ3v) is 10.3. The second-order valence-electron chi connectivity index (χ2n) is 9.72. The van der Waals surface area contributed by atoms with Crippen LogP contribution in [0.1, 0.15) is 40.8 Å². The Hall–Kier alpha value is -2.85.